The Bertz CT molecular complexity index is 500. The Balaban J connectivity index is 2.08. The van der Waals surface area contributed by atoms with Gasteiger partial charge in [0.25, 0.3) is 0 Å². The van der Waals surface area contributed by atoms with E-state index in [0.717, 1.165) is 18.7 Å². The molecule has 0 spiro atoms. The molecule has 0 unspecified atom stereocenters. The summed E-state index contributed by atoms with van der Waals surface area (Å²) >= 11 is 0. The maximum absolute atomic E-state index is 11.9. The van der Waals surface area contributed by atoms with E-state index < -0.39 is 0 Å². The van der Waals surface area contributed by atoms with Crippen LogP contribution in [0.4, 0.5) is 11.4 Å². The van der Waals surface area contributed by atoms with E-state index in [2.05, 4.69) is 10.6 Å². The molecule has 1 aromatic carbocycles. The third kappa shape index (κ3) is 3.57. The van der Waals surface area contributed by atoms with Crippen LogP contribution in [0.2, 0.25) is 0 Å². The van der Waals surface area contributed by atoms with Crippen molar-refractivity contribution in [3.8, 4) is 0 Å². The predicted molar refractivity (Wildman–Crippen MR) is 79.8 cm³/mol. The fraction of sp³-hybridized carbons (Fsp3) is 0.467. The van der Waals surface area contributed by atoms with Gasteiger partial charge in [-0.05, 0) is 18.6 Å². The molecule has 2 amide bonds. The van der Waals surface area contributed by atoms with Crippen molar-refractivity contribution in [2.45, 2.75) is 32.7 Å². The number of amides is 2. The highest BCUT2D eigenvalue weighted by Gasteiger charge is 2.24. The number of rotatable bonds is 5. The molecule has 1 aliphatic heterocycles. The first-order valence-corrected chi connectivity index (χ1v) is 7.00. The quantitative estimate of drug-likeness (QED) is 0.860. The van der Waals surface area contributed by atoms with E-state index in [9.17, 15) is 9.59 Å². The van der Waals surface area contributed by atoms with Crippen molar-refractivity contribution in [2.24, 2.45) is 0 Å². The minimum absolute atomic E-state index is 0.0993. The fourth-order valence-corrected chi connectivity index (χ4v) is 2.21. The lowest BCUT2D eigenvalue weighted by Crippen LogP contribution is -2.33. The zero-order valence-electron chi connectivity index (χ0n) is 12.0. The smallest absolute Gasteiger partial charge is 0.238 e. The molecule has 1 aromatic rings. The maximum atomic E-state index is 11.9. The first-order valence-electron chi connectivity index (χ1n) is 7.00. The number of nitrogens with zero attached hydrogens (tertiary/aromatic N) is 1. The normalized spacial score (nSPS) is 14.9. The SMILES string of the molecule is CC(C)NCC(=O)Nc1ccccc1N1CCCC1=O. The van der Waals surface area contributed by atoms with Crippen LogP contribution in [0.25, 0.3) is 0 Å². The summed E-state index contributed by atoms with van der Waals surface area (Å²) in [6.45, 7) is 4.96. The van der Waals surface area contributed by atoms with Gasteiger partial charge >= 0.3 is 0 Å². The second-order valence-electron chi connectivity index (χ2n) is 5.25. The molecule has 1 saturated heterocycles. The van der Waals surface area contributed by atoms with Crippen LogP contribution >= 0.6 is 0 Å². The van der Waals surface area contributed by atoms with Gasteiger partial charge in [-0.1, -0.05) is 26.0 Å². The second-order valence-corrected chi connectivity index (χ2v) is 5.25. The molecule has 2 rings (SSSR count). The summed E-state index contributed by atoms with van der Waals surface area (Å²) < 4.78 is 0. The van der Waals surface area contributed by atoms with Crippen LogP contribution < -0.4 is 15.5 Å². The third-order valence-electron chi connectivity index (χ3n) is 3.21. The van der Waals surface area contributed by atoms with Crippen molar-refractivity contribution >= 4 is 23.2 Å². The maximum Gasteiger partial charge on any atom is 0.238 e. The highest BCUT2D eigenvalue weighted by atomic mass is 16.2. The van der Waals surface area contributed by atoms with Gasteiger partial charge in [-0.3, -0.25) is 9.59 Å². The number of hydrogen-bond acceptors (Lipinski definition) is 3. The predicted octanol–water partition coefficient (Wildman–Crippen LogP) is 1.75. The third-order valence-corrected chi connectivity index (χ3v) is 3.21. The average molecular weight is 275 g/mol. The number of benzene rings is 1. The topological polar surface area (TPSA) is 61.4 Å². The molecule has 0 saturated carbocycles. The van der Waals surface area contributed by atoms with Crippen LogP contribution in [-0.4, -0.2) is 30.9 Å². The second kappa shape index (κ2) is 6.52. The fourth-order valence-electron chi connectivity index (χ4n) is 2.21. The van der Waals surface area contributed by atoms with Crippen LogP contribution in [0, 0.1) is 0 Å². The Morgan fingerprint density at radius 3 is 2.75 bits per heavy atom. The molecule has 0 radical (unpaired) electrons. The zero-order chi connectivity index (χ0) is 14.5. The summed E-state index contributed by atoms with van der Waals surface area (Å²) in [6, 6.07) is 7.69. The minimum atomic E-state index is -0.0993. The first-order chi connectivity index (χ1) is 9.58. The van der Waals surface area contributed by atoms with Crippen molar-refractivity contribution in [2.75, 3.05) is 23.3 Å². The number of hydrogen-bond donors (Lipinski definition) is 2. The molecule has 2 N–H and O–H groups in total. The van der Waals surface area contributed by atoms with Crippen molar-refractivity contribution < 1.29 is 9.59 Å². The van der Waals surface area contributed by atoms with Crippen LogP contribution in [0.3, 0.4) is 0 Å². The van der Waals surface area contributed by atoms with Gasteiger partial charge in [0.2, 0.25) is 11.8 Å². The highest BCUT2D eigenvalue weighted by molar-refractivity contribution is 6.02. The van der Waals surface area contributed by atoms with E-state index in [1.54, 1.807) is 4.90 Å². The van der Waals surface area contributed by atoms with Crippen LogP contribution in [-0.2, 0) is 9.59 Å². The molecule has 20 heavy (non-hydrogen) atoms. The molecule has 1 fully saturated rings. The summed E-state index contributed by atoms with van der Waals surface area (Å²) in [4.78, 5) is 25.5. The van der Waals surface area contributed by atoms with Crippen molar-refractivity contribution in [1.82, 2.24) is 5.32 Å². The summed E-state index contributed by atoms with van der Waals surface area (Å²) in [5.74, 6) is 0.0183. The monoisotopic (exact) mass is 275 g/mol. The first kappa shape index (κ1) is 14.5. The van der Waals surface area contributed by atoms with Gasteiger partial charge in [0.05, 0.1) is 17.9 Å². The Morgan fingerprint density at radius 2 is 2.10 bits per heavy atom. The van der Waals surface area contributed by atoms with Crippen LogP contribution in [0.15, 0.2) is 24.3 Å². The molecule has 1 heterocycles. The Hall–Kier alpha value is -1.88. The number of para-hydroxylation sites is 2. The number of nitrogens with one attached hydrogen (secondary N) is 2. The molecular weight excluding hydrogens is 254 g/mol. The average Bonchev–Trinajstić information content (AvgIpc) is 2.83. The Kier molecular flexibility index (Phi) is 4.74. The van der Waals surface area contributed by atoms with Gasteiger partial charge in [-0.15, -0.1) is 0 Å². The number of anilines is 2. The highest BCUT2D eigenvalue weighted by Crippen LogP contribution is 2.29. The molecule has 0 aromatic heterocycles. The van der Waals surface area contributed by atoms with Gasteiger partial charge in [0.1, 0.15) is 0 Å². The standard InChI is InChI=1S/C15H21N3O2/c1-11(2)16-10-14(19)17-12-6-3-4-7-13(12)18-9-5-8-15(18)20/h3-4,6-7,11,16H,5,8-10H2,1-2H3,(H,17,19). The molecule has 5 nitrogen and oxygen atoms in total. The van der Waals surface area contributed by atoms with E-state index in [-0.39, 0.29) is 24.4 Å². The number of carbonyl (C=O) groups excluding carboxylic acids is 2. The van der Waals surface area contributed by atoms with E-state index in [1.165, 1.54) is 0 Å². The lowest BCUT2D eigenvalue weighted by Gasteiger charge is -2.20. The van der Waals surface area contributed by atoms with Crippen molar-refractivity contribution in [3.63, 3.8) is 0 Å². The van der Waals surface area contributed by atoms with Crippen molar-refractivity contribution in [1.29, 1.82) is 0 Å². The lowest BCUT2D eigenvalue weighted by atomic mass is 10.2. The van der Waals surface area contributed by atoms with Gasteiger partial charge < -0.3 is 15.5 Å². The van der Waals surface area contributed by atoms with E-state index in [4.69, 9.17) is 0 Å². The molecule has 5 heteroatoms. The molecular formula is C15H21N3O2. The minimum Gasteiger partial charge on any atom is -0.323 e. The lowest BCUT2D eigenvalue weighted by molar-refractivity contribution is -0.117. The Labute approximate surface area is 119 Å². The van der Waals surface area contributed by atoms with E-state index >= 15 is 0 Å². The summed E-state index contributed by atoms with van der Waals surface area (Å²) in [5, 5.41) is 5.94. The zero-order valence-corrected chi connectivity index (χ0v) is 12.0. The van der Waals surface area contributed by atoms with Gasteiger partial charge in [0, 0.05) is 19.0 Å². The number of carbonyl (C=O) groups is 2. The van der Waals surface area contributed by atoms with Gasteiger partial charge in [0.15, 0.2) is 0 Å². The van der Waals surface area contributed by atoms with Crippen LogP contribution in [0.5, 0.6) is 0 Å². The molecule has 0 aliphatic carbocycles. The molecule has 0 atom stereocenters. The van der Waals surface area contributed by atoms with Crippen LogP contribution in [0.1, 0.15) is 26.7 Å². The molecule has 1 aliphatic rings. The summed E-state index contributed by atoms with van der Waals surface area (Å²) in [7, 11) is 0. The largest absolute Gasteiger partial charge is 0.323 e. The van der Waals surface area contributed by atoms with Gasteiger partial charge in [-0.25, -0.2) is 0 Å². The van der Waals surface area contributed by atoms with Gasteiger partial charge in [-0.2, -0.15) is 0 Å². The molecule has 108 valence electrons. The summed E-state index contributed by atoms with van der Waals surface area (Å²) in [5.41, 5.74) is 1.48. The van der Waals surface area contributed by atoms with Crippen molar-refractivity contribution in [3.05, 3.63) is 24.3 Å². The van der Waals surface area contributed by atoms with E-state index in [0.29, 0.717) is 12.1 Å². The summed E-state index contributed by atoms with van der Waals surface area (Å²) in [6.07, 6.45) is 1.45. The molecule has 0 bridgehead atoms. The Morgan fingerprint density at radius 1 is 1.35 bits per heavy atom. The van der Waals surface area contributed by atoms with E-state index in [1.807, 2.05) is 38.1 Å².